The maximum absolute atomic E-state index is 4.82. The van der Waals surface area contributed by atoms with Gasteiger partial charge in [0.2, 0.25) is 0 Å². The normalized spacial score (nSPS) is 29.5. The average Bonchev–Trinajstić information content (AvgIpc) is 2.89. The van der Waals surface area contributed by atoms with Crippen LogP contribution in [-0.4, -0.2) is 34.2 Å². The lowest BCUT2D eigenvalue weighted by atomic mass is 9.44. The summed E-state index contributed by atoms with van der Waals surface area (Å²) < 4.78 is 0. The van der Waals surface area contributed by atoms with Gasteiger partial charge >= 0.3 is 0 Å². The minimum Gasteiger partial charge on any atom is -0.240 e. The van der Waals surface area contributed by atoms with Gasteiger partial charge in [-0.25, -0.2) is 19.9 Å². The predicted molar refractivity (Wildman–Crippen MR) is 156 cm³/mol. The van der Waals surface area contributed by atoms with Crippen molar-refractivity contribution in [2.45, 2.75) is 62.3 Å². The molecule has 4 aliphatic rings. The first kappa shape index (κ1) is 24.8. The van der Waals surface area contributed by atoms with Gasteiger partial charge in [-0.15, -0.1) is 18.5 Å². The van der Waals surface area contributed by atoms with Gasteiger partial charge in [0.15, 0.2) is 0 Å². The molecule has 0 aliphatic heterocycles. The van der Waals surface area contributed by atoms with Crippen LogP contribution in [0.5, 0.6) is 0 Å². The molecule has 2 atom stereocenters. The van der Waals surface area contributed by atoms with Gasteiger partial charge in [0.05, 0.1) is 8.07 Å². The second-order valence-corrected chi connectivity index (χ2v) is 18.9. The van der Waals surface area contributed by atoms with E-state index < -0.39 is 13.2 Å². The molecule has 1 aromatic carbocycles. The molecule has 36 heavy (non-hydrogen) atoms. The molecular weight excluding hydrogens is 494 g/mol. The van der Waals surface area contributed by atoms with Gasteiger partial charge in [-0.1, -0.05) is 43.0 Å². The van der Waals surface area contributed by atoms with E-state index in [1.54, 1.807) is 0 Å². The molecule has 0 spiro atoms. The maximum atomic E-state index is 4.82. The van der Waals surface area contributed by atoms with Crippen LogP contribution in [0.25, 0.3) is 0 Å². The van der Waals surface area contributed by atoms with Gasteiger partial charge in [-0.3, -0.25) is 0 Å². The fourth-order valence-corrected chi connectivity index (χ4v) is 10.6. The summed E-state index contributed by atoms with van der Waals surface area (Å²) in [4.78, 5) is 19.3. The van der Waals surface area contributed by atoms with Crippen molar-refractivity contribution in [3.05, 3.63) is 77.9 Å². The van der Waals surface area contributed by atoms with E-state index in [1.165, 1.54) is 48.4 Å². The van der Waals surface area contributed by atoms with Gasteiger partial charge in [-0.05, 0) is 85.2 Å². The Morgan fingerprint density at radius 2 is 1.33 bits per heavy atom. The Bertz CT molecular complexity index is 1180. The van der Waals surface area contributed by atoms with Gasteiger partial charge in [0, 0.05) is 30.2 Å². The van der Waals surface area contributed by atoms with E-state index in [-0.39, 0.29) is 5.41 Å². The number of nitrogens with zero attached hydrogens (tertiary/aromatic N) is 4. The zero-order chi connectivity index (χ0) is 25.1. The Hall–Kier alpha value is -1.54. The lowest BCUT2D eigenvalue weighted by molar-refractivity contribution is -0.0504. The summed E-state index contributed by atoms with van der Waals surface area (Å²) in [5.41, 5.74) is 2.94. The molecule has 0 saturated heterocycles. The highest BCUT2D eigenvalue weighted by Crippen LogP contribution is 2.64. The number of benzene rings is 1. The minimum absolute atomic E-state index is 0.163. The quantitative estimate of drug-likeness (QED) is 0.309. The molecular formula is C29H38N4P2Si. The van der Waals surface area contributed by atoms with Crippen molar-refractivity contribution in [1.82, 2.24) is 19.9 Å². The fourth-order valence-electron chi connectivity index (χ4n) is 8.00. The topological polar surface area (TPSA) is 51.6 Å². The van der Waals surface area contributed by atoms with Crippen LogP contribution < -0.4 is 5.19 Å². The van der Waals surface area contributed by atoms with E-state index in [1.807, 2.05) is 36.9 Å². The molecule has 0 N–H and O–H groups in total. The first-order valence-corrected chi connectivity index (χ1v) is 18.4. The lowest BCUT2D eigenvalue weighted by Gasteiger charge is -2.62. The first-order chi connectivity index (χ1) is 17.3. The number of aromatic nitrogens is 4. The van der Waals surface area contributed by atoms with Crippen LogP contribution in [0.3, 0.4) is 0 Å². The molecule has 4 nitrogen and oxygen atoms in total. The number of hydrogen-bond acceptors (Lipinski definition) is 4. The highest BCUT2D eigenvalue weighted by Gasteiger charge is 2.58. The Balaban J connectivity index is 1.65. The summed E-state index contributed by atoms with van der Waals surface area (Å²) in [5.74, 6) is 4.83. The van der Waals surface area contributed by atoms with Crippen LogP contribution in [0.4, 0.5) is 0 Å². The van der Waals surface area contributed by atoms with Crippen LogP contribution in [0.1, 0.15) is 54.9 Å². The maximum Gasteiger partial charge on any atom is 0.150 e. The van der Waals surface area contributed by atoms with Crippen molar-refractivity contribution in [3.8, 4) is 0 Å². The van der Waals surface area contributed by atoms with Gasteiger partial charge in [-0.2, -0.15) is 0 Å². The molecule has 7 rings (SSSR count). The molecule has 4 fully saturated rings. The standard InChI is InChI=1S/C29H38N4P2Si/c1-36(2,3)23-6-7-24(28(18-34)21-13-19-12-20(15-21)16-22(28)14-19)25(17-23)29(35,26-30-8-4-9-31-26)27-32-10-5-11-33-27/h4-11,17,19-22H,12-16,18,34-35H2,1-3H3. The summed E-state index contributed by atoms with van der Waals surface area (Å²) in [6.07, 6.45) is 15.5. The van der Waals surface area contributed by atoms with E-state index in [4.69, 9.17) is 19.9 Å². The second-order valence-electron chi connectivity index (χ2n) is 12.5. The summed E-state index contributed by atoms with van der Waals surface area (Å²) in [6, 6.07) is 11.2. The Labute approximate surface area is 221 Å². The third kappa shape index (κ3) is 3.76. The molecule has 3 aromatic rings. The molecule has 188 valence electrons. The average molecular weight is 533 g/mol. The van der Waals surface area contributed by atoms with Crippen LogP contribution in [-0.2, 0) is 10.6 Å². The monoisotopic (exact) mass is 532 g/mol. The predicted octanol–water partition coefficient (Wildman–Crippen LogP) is 5.55. The van der Waals surface area contributed by atoms with Crippen LogP contribution in [0.15, 0.2) is 55.1 Å². The molecule has 2 heterocycles. The van der Waals surface area contributed by atoms with Crippen LogP contribution in [0, 0.1) is 23.7 Å². The van der Waals surface area contributed by atoms with E-state index in [0.29, 0.717) is 0 Å². The Morgan fingerprint density at radius 3 is 1.78 bits per heavy atom. The molecule has 4 saturated carbocycles. The largest absolute Gasteiger partial charge is 0.240 e. The molecule has 4 aliphatic carbocycles. The van der Waals surface area contributed by atoms with E-state index in [9.17, 15) is 0 Å². The summed E-state index contributed by atoms with van der Waals surface area (Å²) in [5, 5.41) is 0.748. The SMILES string of the molecule is C[Si](C)(C)c1ccc(C2(CP)C3CC4CC(C3)CC2C4)c(C(P)(c2ncccn2)c2ncccn2)c1. The molecule has 0 amide bonds. The summed E-state index contributed by atoms with van der Waals surface area (Å²) >= 11 is 0. The first-order valence-electron chi connectivity index (χ1n) is 13.5. The molecule has 2 aromatic heterocycles. The van der Waals surface area contributed by atoms with E-state index in [0.717, 1.165) is 41.5 Å². The van der Waals surface area contributed by atoms with E-state index in [2.05, 4.69) is 56.3 Å². The van der Waals surface area contributed by atoms with Crippen molar-refractivity contribution >= 4 is 31.7 Å². The fraction of sp³-hybridized carbons (Fsp3) is 0.517. The number of hydrogen-bond donors (Lipinski definition) is 0. The van der Waals surface area contributed by atoms with Gasteiger partial charge in [0.1, 0.15) is 16.8 Å². The van der Waals surface area contributed by atoms with Crippen molar-refractivity contribution < 1.29 is 0 Å². The second kappa shape index (κ2) is 9.04. The molecule has 2 unspecified atom stereocenters. The van der Waals surface area contributed by atoms with Gasteiger partial charge in [0.25, 0.3) is 0 Å². The smallest absolute Gasteiger partial charge is 0.150 e. The molecule has 0 radical (unpaired) electrons. The highest BCUT2D eigenvalue weighted by atomic mass is 31.0. The van der Waals surface area contributed by atoms with Crippen molar-refractivity contribution in [1.29, 1.82) is 0 Å². The van der Waals surface area contributed by atoms with E-state index >= 15 is 0 Å². The zero-order valence-corrected chi connectivity index (χ0v) is 25.0. The van der Waals surface area contributed by atoms with Crippen molar-refractivity contribution in [2.75, 3.05) is 6.16 Å². The Kier molecular flexibility index (Phi) is 6.22. The Morgan fingerprint density at radius 1 is 0.833 bits per heavy atom. The highest BCUT2D eigenvalue weighted by molar-refractivity contribution is 7.19. The van der Waals surface area contributed by atoms with Crippen molar-refractivity contribution in [2.24, 2.45) is 23.7 Å². The summed E-state index contributed by atoms with van der Waals surface area (Å²) in [6.45, 7) is 7.30. The van der Waals surface area contributed by atoms with Crippen LogP contribution >= 0.6 is 18.5 Å². The lowest BCUT2D eigenvalue weighted by Crippen LogP contribution is -2.57. The summed E-state index contributed by atoms with van der Waals surface area (Å²) in [7, 11) is 4.74. The van der Waals surface area contributed by atoms with Gasteiger partial charge < -0.3 is 0 Å². The zero-order valence-electron chi connectivity index (χ0n) is 21.7. The minimum atomic E-state index is -1.58. The molecule has 4 bridgehead atoms. The molecule has 7 heteroatoms. The van der Waals surface area contributed by atoms with Crippen LogP contribution in [0.2, 0.25) is 19.6 Å². The number of rotatable bonds is 6. The third-order valence-corrected chi connectivity index (χ3v) is 13.1. The van der Waals surface area contributed by atoms with Crippen molar-refractivity contribution in [3.63, 3.8) is 0 Å². The third-order valence-electron chi connectivity index (χ3n) is 9.58.